The Morgan fingerprint density at radius 3 is 2.68 bits per heavy atom. The van der Waals surface area contributed by atoms with E-state index in [1.165, 1.54) is 0 Å². The van der Waals surface area contributed by atoms with Crippen molar-refractivity contribution < 1.29 is 18.3 Å². The number of nitrogens with one attached hydrogen (secondary N) is 2. The highest BCUT2D eigenvalue weighted by atomic mass is 35.5. The molecular weight excluding hydrogens is 334 g/mol. The largest absolute Gasteiger partial charge is 0.377 e. The lowest BCUT2D eigenvalue weighted by atomic mass is 10.2. The average Bonchev–Trinajstić information content (AvgIpc) is 2.93. The fraction of sp³-hybridized carbons (Fsp3) is 0.500. The lowest BCUT2D eigenvalue weighted by molar-refractivity contribution is -0.115. The van der Waals surface area contributed by atoms with Crippen molar-refractivity contribution in [3.8, 4) is 0 Å². The van der Waals surface area contributed by atoms with E-state index < -0.39 is 5.76 Å². The Hall–Kier alpha value is -0.890. The summed E-state index contributed by atoms with van der Waals surface area (Å²) in [5, 5.41) is 5.75. The van der Waals surface area contributed by atoms with Gasteiger partial charge in [0.2, 0.25) is 5.91 Å². The summed E-state index contributed by atoms with van der Waals surface area (Å²) in [4.78, 5) is 12.2. The fourth-order valence-electron chi connectivity index (χ4n) is 2.08. The zero-order valence-corrected chi connectivity index (χ0v) is 13.5. The number of carbonyl (C=O) groups is 1. The molecule has 0 spiro atoms. The van der Waals surface area contributed by atoms with Crippen molar-refractivity contribution in [1.29, 1.82) is 0 Å². The zero-order valence-electron chi connectivity index (χ0n) is 11.9. The summed E-state index contributed by atoms with van der Waals surface area (Å²) in [6, 6.07) is 6.35. The standard InChI is InChI=1S/C14H18F2N2O2S.ClH/c15-14(16)21-12-5-3-10(4-6-12)18-13(19)9-17-8-11-2-1-7-20-11;/h3-6,11,14,17H,1-2,7-9H2,(H,18,19);1H. The molecule has 0 aliphatic carbocycles. The van der Waals surface area contributed by atoms with E-state index in [2.05, 4.69) is 10.6 Å². The number of hydrogen-bond donors (Lipinski definition) is 2. The van der Waals surface area contributed by atoms with Crippen molar-refractivity contribution >= 4 is 35.8 Å². The molecule has 2 N–H and O–H groups in total. The Balaban J connectivity index is 0.00000242. The first-order valence-electron chi connectivity index (χ1n) is 6.80. The molecule has 1 unspecified atom stereocenters. The van der Waals surface area contributed by atoms with E-state index in [0.29, 0.717) is 28.9 Å². The highest BCUT2D eigenvalue weighted by Gasteiger charge is 2.15. The van der Waals surface area contributed by atoms with Crippen LogP contribution in [0.15, 0.2) is 29.2 Å². The molecule has 22 heavy (non-hydrogen) atoms. The number of hydrogen-bond acceptors (Lipinski definition) is 4. The summed E-state index contributed by atoms with van der Waals surface area (Å²) in [7, 11) is 0. The van der Waals surface area contributed by atoms with E-state index >= 15 is 0 Å². The molecular formula is C14H19ClF2N2O2S. The number of benzene rings is 1. The molecule has 0 radical (unpaired) electrons. The van der Waals surface area contributed by atoms with Crippen LogP contribution in [0.2, 0.25) is 0 Å². The van der Waals surface area contributed by atoms with Gasteiger partial charge in [-0.2, -0.15) is 8.78 Å². The van der Waals surface area contributed by atoms with Gasteiger partial charge >= 0.3 is 0 Å². The van der Waals surface area contributed by atoms with Gasteiger partial charge in [-0.3, -0.25) is 4.79 Å². The predicted molar refractivity (Wildman–Crippen MR) is 86.0 cm³/mol. The monoisotopic (exact) mass is 352 g/mol. The van der Waals surface area contributed by atoms with Crippen molar-refractivity contribution in [3.05, 3.63) is 24.3 Å². The molecule has 1 heterocycles. The quantitative estimate of drug-likeness (QED) is 0.740. The van der Waals surface area contributed by atoms with Crippen molar-refractivity contribution in [2.45, 2.75) is 29.6 Å². The molecule has 1 fully saturated rings. The Morgan fingerprint density at radius 2 is 2.09 bits per heavy atom. The van der Waals surface area contributed by atoms with Crippen molar-refractivity contribution in [1.82, 2.24) is 5.32 Å². The highest BCUT2D eigenvalue weighted by Crippen LogP contribution is 2.26. The van der Waals surface area contributed by atoms with Crippen LogP contribution in [-0.2, 0) is 9.53 Å². The minimum atomic E-state index is -2.44. The van der Waals surface area contributed by atoms with Gasteiger partial charge in [-0.15, -0.1) is 12.4 Å². The smallest absolute Gasteiger partial charge is 0.288 e. The number of alkyl halides is 2. The van der Waals surface area contributed by atoms with E-state index in [0.717, 1.165) is 19.4 Å². The molecule has 124 valence electrons. The van der Waals surface area contributed by atoms with E-state index in [1.54, 1.807) is 24.3 Å². The van der Waals surface area contributed by atoms with Crippen molar-refractivity contribution in [2.24, 2.45) is 0 Å². The molecule has 1 aliphatic rings. The minimum absolute atomic E-state index is 0. The van der Waals surface area contributed by atoms with Gasteiger partial charge in [0.05, 0.1) is 12.6 Å². The molecule has 1 aromatic rings. The number of carbonyl (C=O) groups excluding carboxylic acids is 1. The molecule has 4 nitrogen and oxygen atoms in total. The Morgan fingerprint density at radius 1 is 1.36 bits per heavy atom. The predicted octanol–water partition coefficient (Wildman–Crippen LogP) is 3.13. The van der Waals surface area contributed by atoms with Crippen LogP contribution in [0, 0.1) is 0 Å². The molecule has 1 aliphatic heterocycles. The lowest BCUT2D eigenvalue weighted by Gasteiger charge is -2.11. The minimum Gasteiger partial charge on any atom is -0.377 e. The van der Waals surface area contributed by atoms with E-state index in [-0.39, 0.29) is 31.0 Å². The first-order chi connectivity index (χ1) is 10.1. The van der Waals surface area contributed by atoms with Gasteiger partial charge in [-0.05, 0) is 37.1 Å². The van der Waals surface area contributed by atoms with Crippen LogP contribution in [0.1, 0.15) is 12.8 Å². The number of ether oxygens (including phenoxy) is 1. The number of amides is 1. The third-order valence-corrected chi connectivity index (χ3v) is 3.77. The molecule has 8 heteroatoms. The van der Waals surface area contributed by atoms with Crippen LogP contribution >= 0.6 is 24.2 Å². The molecule has 1 aromatic carbocycles. The van der Waals surface area contributed by atoms with Gasteiger partial charge in [0.15, 0.2) is 0 Å². The van der Waals surface area contributed by atoms with Gasteiger partial charge in [0, 0.05) is 23.7 Å². The van der Waals surface area contributed by atoms with Crippen molar-refractivity contribution in [3.63, 3.8) is 0 Å². The number of thioether (sulfide) groups is 1. The topological polar surface area (TPSA) is 50.4 Å². The van der Waals surface area contributed by atoms with E-state index in [4.69, 9.17) is 4.74 Å². The molecule has 0 aromatic heterocycles. The van der Waals surface area contributed by atoms with Gasteiger partial charge in [-0.25, -0.2) is 0 Å². The molecule has 0 bridgehead atoms. The summed E-state index contributed by atoms with van der Waals surface area (Å²) in [6.07, 6.45) is 2.29. The Labute approximate surface area is 138 Å². The molecule has 0 saturated carbocycles. The number of anilines is 1. The summed E-state index contributed by atoms with van der Waals surface area (Å²) < 4.78 is 29.8. The third kappa shape index (κ3) is 6.91. The van der Waals surface area contributed by atoms with Crippen LogP contribution < -0.4 is 10.6 Å². The molecule has 1 amide bonds. The molecule has 2 rings (SSSR count). The summed E-state index contributed by atoms with van der Waals surface area (Å²) in [5.74, 6) is -2.60. The highest BCUT2D eigenvalue weighted by molar-refractivity contribution is 7.99. The van der Waals surface area contributed by atoms with Crippen molar-refractivity contribution in [2.75, 3.05) is 25.0 Å². The normalized spacial score (nSPS) is 17.3. The second-order valence-corrected chi connectivity index (χ2v) is 5.78. The number of rotatable bonds is 7. The fourth-order valence-corrected chi connectivity index (χ4v) is 2.58. The van der Waals surface area contributed by atoms with Gasteiger partial charge in [0.1, 0.15) is 0 Å². The number of halogens is 3. The van der Waals surface area contributed by atoms with Gasteiger partial charge < -0.3 is 15.4 Å². The summed E-state index contributed by atoms with van der Waals surface area (Å²) in [6.45, 7) is 1.66. The SMILES string of the molecule is Cl.O=C(CNCC1CCCO1)Nc1ccc(SC(F)F)cc1. The average molecular weight is 353 g/mol. The van der Waals surface area contributed by atoms with E-state index in [1.807, 2.05) is 0 Å². The summed E-state index contributed by atoms with van der Waals surface area (Å²) >= 11 is 0.482. The van der Waals surface area contributed by atoms with E-state index in [9.17, 15) is 13.6 Å². The van der Waals surface area contributed by atoms with Gasteiger partial charge in [0.25, 0.3) is 5.76 Å². The molecule has 1 saturated heterocycles. The maximum absolute atomic E-state index is 12.2. The van der Waals surface area contributed by atoms with Crippen LogP contribution in [0.4, 0.5) is 14.5 Å². The lowest BCUT2D eigenvalue weighted by Crippen LogP contribution is -2.33. The second-order valence-electron chi connectivity index (χ2n) is 4.72. The first kappa shape index (κ1) is 19.2. The zero-order chi connectivity index (χ0) is 15.1. The van der Waals surface area contributed by atoms with Crippen LogP contribution in [0.5, 0.6) is 0 Å². The second kappa shape index (κ2) is 9.99. The maximum Gasteiger partial charge on any atom is 0.288 e. The summed E-state index contributed by atoms with van der Waals surface area (Å²) in [5.41, 5.74) is 0.595. The maximum atomic E-state index is 12.2. The van der Waals surface area contributed by atoms with Crippen LogP contribution in [0.3, 0.4) is 0 Å². The first-order valence-corrected chi connectivity index (χ1v) is 7.68. The van der Waals surface area contributed by atoms with Crippen LogP contribution in [0.25, 0.3) is 0 Å². The third-order valence-electron chi connectivity index (χ3n) is 3.04. The Kier molecular flexibility index (Phi) is 8.70. The Bertz CT molecular complexity index is 457. The van der Waals surface area contributed by atoms with Gasteiger partial charge in [-0.1, -0.05) is 11.8 Å². The molecule has 1 atom stereocenters. The van der Waals surface area contributed by atoms with Crippen LogP contribution in [-0.4, -0.2) is 37.5 Å².